The van der Waals surface area contributed by atoms with Crippen LogP contribution < -0.4 is 4.90 Å². The Kier molecular flexibility index (Phi) is 5.07. The van der Waals surface area contributed by atoms with E-state index in [1.807, 2.05) is 0 Å². The highest BCUT2D eigenvalue weighted by molar-refractivity contribution is 5.61. The fraction of sp³-hybridized carbons (Fsp3) is 0.600. The van der Waals surface area contributed by atoms with E-state index in [-0.39, 0.29) is 0 Å². The van der Waals surface area contributed by atoms with Crippen molar-refractivity contribution < 1.29 is 0 Å². The van der Waals surface area contributed by atoms with Crippen LogP contribution in [0.25, 0.3) is 11.3 Å². The van der Waals surface area contributed by atoms with Crippen molar-refractivity contribution in [2.45, 2.75) is 64.8 Å². The second-order valence-corrected chi connectivity index (χ2v) is 9.68. The third-order valence-electron chi connectivity index (χ3n) is 8.05. The van der Waals surface area contributed by atoms with Gasteiger partial charge in [0.05, 0.1) is 5.69 Å². The smallest absolute Gasteiger partial charge is 0.151 e. The molecule has 1 spiro atoms. The summed E-state index contributed by atoms with van der Waals surface area (Å²) < 4.78 is 0. The fourth-order valence-corrected chi connectivity index (χ4v) is 5.37. The first-order chi connectivity index (χ1) is 14.1. The van der Waals surface area contributed by atoms with Crippen LogP contribution in [0.5, 0.6) is 0 Å². The number of likely N-dealkylation sites (tertiary alicyclic amines) is 1. The van der Waals surface area contributed by atoms with E-state index < -0.39 is 0 Å². The zero-order chi connectivity index (χ0) is 19.8. The summed E-state index contributed by atoms with van der Waals surface area (Å²) in [6, 6.07) is 11.7. The summed E-state index contributed by atoms with van der Waals surface area (Å²) in [6.07, 6.45) is 9.75. The standard InChI is InChI=1S/C25H34N4/c1-19-6-7-21(18-20(19)2)23-8-9-24(27-26-23)29-16-12-25(13-17-29)10-14-28(15-11-25)22-4-3-5-22/h6-9,18,22H,3-5,10-17H2,1-2H3. The van der Waals surface area contributed by atoms with Gasteiger partial charge < -0.3 is 9.80 Å². The van der Waals surface area contributed by atoms with Gasteiger partial charge in [0.1, 0.15) is 0 Å². The van der Waals surface area contributed by atoms with Gasteiger partial charge in [-0.15, -0.1) is 10.2 Å². The molecule has 1 aromatic heterocycles. The van der Waals surface area contributed by atoms with Crippen molar-refractivity contribution in [2.24, 2.45) is 5.41 Å². The van der Waals surface area contributed by atoms with Gasteiger partial charge in [0.15, 0.2) is 5.82 Å². The zero-order valence-corrected chi connectivity index (χ0v) is 18.0. The molecule has 0 bridgehead atoms. The average molecular weight is 391 g/mol. The molecule has 2 aliphatic heterocycles. The van der Waals surface area contributed by atoms with Crippen LogP contribution in [-0.4, -0.2) is 47.3 Å². The van der Waals surface area contributed by atoms with Gasteiger partial charge in [0.25, 0.3) is 0 Å². The summed E-state index contributed by atoms with van der Waals surface area (Å²) >= 11 is 0. The topological polar surface area (TPSA) is 32.3 Å². The van der Waals surface area contributed by atoms with Gasteiger partial charge in [-0.05, 0) is 100 Å². The second kappa shape index (κ2) is 7.71. The lowest BCUT2D eigenvalue weighted by molar-refractivity contribution is 0.0305. The van der Waals surface area contributed by atoms with Crippen molar-refractivity contribution in [3.05, 3.63) is 41.5 Å². The number of hydrogen-bond acceptors (Lipinski definition) is 4. The summed E-state index contributed by atoms with van der Waals surface area (Å²) in [4.78, 5) is 5.22. The molecule has 154 valence electrons. The van der Waals surface area contributed by atoms with E-state index in [4.69, 9.17) is 0 Å². The molecule has 5 rings (SSSR count). The van der Waals surface area contributed by atoms with E-state index in [2.05, 4.69) is 64.2 Å². The maximum absolute atomic E-state index is 4.59. The van der Waals surface area contributed by atoms with E-state index in [0.29, 0.717) is 5.41 Å². The molecular formula is C25H34N4. The first kappa shape index (κ1) is 19.0. The molecule has 1 aliphatic carbocycles. The lowest BCUT2D eigenvalue weighted by Crippen LogP contribution is -2.51. The Balaban J connectivity index is 1.19. The molecule has 0 amide bonds. The van der Waals surface area contributed by atoms with Gasteiger partial charge in [-0.3, -0.25) is 0 Å². The number of aryl methyl sites for hydroxylation is 2. The highest BCUT2D eigenvalue weighted by Crippen LogP contribution is 2.43. The summed E-state index contributed by atoms with van der Waals surface area (Å²) in [6.45, 7) is 9.21. The van der Waals surface area contributed by atoms with E-state index >= 15 is 0 Å². The van der Waals surface area contributed by atoms with Crippen LogP contribution >= 0.6 is 0 Å². The molecule has 4 nitrogen and oxygen atoms in total. The van der Waals surface area contributed by atoms with Crippen LogP contribution in [0, 0.1) is 19.3 Å². The number of aromatic nitrogens is 2. The quantitative estimate of drug-likeness (QED) is 0.739. The van der Waals surface area contributed by atoms with Crippen molar-refractivity contribution in [3.8, 4) is 11.3 Å². The van der Waals surface area contributed by atoms with Crippen LogP contribution in [0.1, 0.15) is 56.1 Å². The molecule has 2 aromatic rings. The molecule has 1 saturated carbocycles. The third kappa shape index (κ3) is 3.79. The highest BCUT2D eigenvalue weighted by Gasteiger charge is 2.39. The van der Waals surface area contributed by atoms with Crippen LogP contribution in [0.2, 0.25) is 0 Å². The molecule has 3 heterocycles. The van der Waals surface area contributed by atoms with Gasteiger partial charge >= 0.3 is 0 Å². The molecule has 1 aromatic carbocycles. The first-order valence-corrected chi connectivity index (χ1v) is 11.5. The zero-order valence-electron chi connectivity index (χ0n) is 18.0. The number of nitrogens with zero attached hydrogens (tertiary/aromatic N) is 4. The van der Waals surface area contributed by atoms with E-state index in [0.717, 1.165) is 36.2 Å². The van der Waals surface area contributed by atoms with Crippen LogP contribution in [0.3, 0.4) is 0 Å². The predicted octanol–water partition coefficient (Wildman–Crippen LogP) is 5.00. The minimum atomic E-state index is 0.587. The Labute approximate surface area is 175 Å². The van der Waals surface area contributed by atoms with E-state index in [9.17, 15) is 0 Å². The van der Waals surface area contributed by atoms with Crippen molar-refractivity contribution in [3.63, 3.8) is 0 Å². The molecule has 4 heteroatoms. The number of benzene rings is 1. The molecule has 2 saturated heterocycles. The van der Waals surface area contributed by atoms with Crippen molar-refractivity contribution in [1.82, 2.24) is 15.1 Å². The van der Waals surface area contributed by atoms with Gasteiger partial charge in [0, 0.05) is 24.7 Å². The Morgan fingerprint density at radius 1 is 0.828 bits per heavy atom. The summed E-state index contributed by atoms with van der Waals surface area (Å²) in [5.41, 5.74) is 5.33. The fourth-order valence-electron chi connectivity index (χ4n) is 5.37. The van der Waals surface area contributed by atoms with Gasteiger partial charge in [0.2, 0.25) is 0 Å². The number of hydrogen-bond donors (Lipinski definition) is 0. The molecule has 0 unspecified atom stereocenters. The van der Waals surface area contributed by atoms with Gasteiger partial charge in [-0.2, -0.15) is 0 Å². The number of anilines is 1. The normalized spacial score (nSPS) is 22.6. The predicted molar refractivity (Wildman–Crippen MR) is 119 cm³/mol. The maximum atomic E-state index is 4.59. The van der Waals surface area contributed by atoms with Crippen molar-refractivity contribution >= 4 is 5.82 Å². The maximum Gasteiger partial charge on any atom is 0.151 e. The lowest BCUT2D eigenvalue weighted by Gasteiger charge is -2.50. The Hall–Kier alpha value is -1.94. The van der Waals surface area contributed by atoms with E-state index in [1.54, 1.807) is 0 Å². The summed E-state index contributed by atoms with van der Waals surface area (Å²) in [5.74, 6) is 1.04. The number of rotatable bonds is 3. The minimum absolute atomic E-state index is 0.587. The Morgan fingerprint density at radius 3 is 2.14 bits per heavy atom. The second-order valence-electron chi connectivity index (χ2n) is 9.68. The van der Waals surface area contributed by atoms with E-state index in [1.165, 1.54) is 69.2 Å². The molecule has 3 aliphatic rings. The Morgan fingerprint density at radius 2 is 1.55 bits per heavy atom. The largest absolute Gasteiger partial charge is 0.355 e. The highest BCUT2D eigenvalue weighted by atomic mass is 15.3. The molecule has 29 heavy (non-hydrogen) atoms. The van der Waals surface area contributed by atoms with Crippen LogP contribution in [-0.2, 0) is 0 Å². The Bertz CT molecular complexity index is 838. The molecule has 3 fully saturated rings. The molecular weight excluding hydrogens is 356 g/mol. The summed E-state index contributed by atoms with van der Waals surface area (Å²) in [7, 11) is 0. The molecule has 0 atom stereocenters. The van der Waals surface area contributed by atoms with Crippen molar-refractivity contribution in [2.75, 3.05) is 31.1 Å². The van der Waals surface area contributed by atoms with Crippen LogP contribution in [0.4, 0.5) is 5.82 Å². The molecule has 0 radical (unpaired) electrons. The third-order valence-corrected chi connectivity index (χ3v) is 8.05. The van der Waals surface area contributed by atoms with Gasteiger partial charge in [-0.1, -0.05) is 18.6 Å². The van der Waals surface area contributed by atoms with Crippen LogP contribution in [0.15, 0.2) is 30.3 Å². The monoisotopic (exact) mass is 390 g/mol. The molecule has 0 N–H and O–H groups in total. The average Bonchev–Trinajstić information content (AvgIpc) is 2.71. The van der Waals surface area contributed by atoms with Gasteiger partial charge in [-0.25, -0.2) is 0 Å². The first-order valence-electron chi connectivity index (χ1n) is 11.5. The van der Waals surface area contributed by atoms with Crippen molar-refractivity contribution in [1.29, 1.82) is 0 Å². The summed E-state index contributed by atoms with van der Waals surface area (Å²) in [5, 5.41) is 9.13. The SMILES string of the molecule is Cc1ccc(-c2ccc(N3CCC4(CC3)CCN(C3CCC3)CC4)nn2)cc1C. The lowest BCUT2D eigenvalue weighted by atomic mass is 9.70. The minimum Gasteiger partial charge on any atom is -0.355 e. The number of piperidine rings is 2.